The maximum atomic E-state index is 5.27. The fourth-order valence-corrected chi connectivity index (χ4v) is 5.07. The Kier molecular flexibility index (Phi) is 9.84. The largest absolute Gasteiger partial charge is 0.385 e. The van der Waals surface area contributed by atoms with E-state index in [0.29, 0.717) is 11.8 Å². The molecule has 1 aromatic rings. The molecule has 1 fully saturated rings. The summed E-state index contributed by atoms with van der Waals surface area (Å²) in [5.41, 5.74) is 7.71. The van der Waals surface area contributed by atoms with E-state index in [-0.39, 0.29) is 0 Å². The first kappa shape index (κ1) is 23.8. The summed E-state index contributed by atoms with van der Waals surface area (Å²) >= 11 is 0. The number of piperidine rings is 1. The van der Waals surface area contributed by atoms with Crippen molar-refractivity contribution in [2.75, 3.05) is 26.8 Å². The Morgan fingerprint density at radius 1 is 1.23 bits per heavy atom. The molecule has 2 nitrogen and oxygen atoms in total. The first-order valence-corrected chi connectivity index (χ1v) is 12.2. The highest BCUT2D eigenvalue weighted by molar-refractivity contribution is 5.36. The van der Waals surface area contributed by atoms with Crippen molar-refractivity contribution < 1.29 is 4.74 Å². The van der Waals surface area contributed by atoms with E-state index < -0.39 is 0 Å². The molecule has 0 spiro atoms. The molecule has 2 unspecified atom stereocenters. The molecule has 0 radical (unpaired) electrons. The first-order chi connectivity index (χ1) is 15.2. The molecule has 2 atom stereocenters. The van der Waals surface area contributed by atoms with Crippen LogP contribution in [0.1, 0.15) is 70.3 Å². The van der Waals surface area contributed by atoms with Crippen molar-refractivity contribution in [2.24, 2.45) is 5.92 Å². The van der Waals surface area contributed by atoms with Gasteiger partial charge in [-0.2, -0.15) is 0 Å². The maximum absolute atomic E-state index is 5.27. The van der Waals surface area contributed by atoms with Crippen molar-refractivity contribution in [3.63, 3.8) is 0 Å². The molecule has 1 aromatic carbocycles. The Morgan fingerprint density at radius 3 is 2.84 bits per heavy atom. The molecule has 1 aliphatic heterocycles. The first-order valence-electron chi connectivity index (χ1n) is 12.2. The molecule has 1 heterocycles. The second kappa shape index (κ2) is 12.8. The maximum Gasteiger partial charge on any atom is 0.0465 e. The van der Waals surface area contributed by atoms with E-state index in [9.17, 15) is 0 Å². The van der Waals surface area contributed by atoms with Crippen LogP contribution in [0.4, 0.5) is 0 Å². The molecule has 31 heavy (non-hydrogen) atoms. The number of nitrogens with one attached hydrogen (secondary N) is 1. The second-order valence-electron chi connectivity index (χ2n) is 8.98. The molecule has 168 valence electrons. The van der Waals surface area contributed by atoms with E-state index in [0.717, 1.165) is 39.0 Å². The molecule has 0 bridgehead atoms. The zero-order valence-corrected chi connectivity index (χ0v) is 19.8. The number of hydrogen-bond acceptors (Lipinski definition) is 2. The number of allylic oxidation sites excluding steroid dienone is 7. The lowest BCUT2D eigenvalue weighted by Gasteiger charge is -2.34. The van der Waals surface area contributed by atoms with Crippen LogP contribution < -0.4 is 5.32 Å². The van der Waals surface area contributed by atoms with Gasteiger partial charge in [-0.1, -0.05) is 72.7 Å². The quantitative estimate of drug-likeness (QED) is 0.322. The number of benzene rings is 1. The molecule has 0 aromatic heterocycles. The van der Waals surface area contributed by atoms with Crippen LogP contribution in [0.25, 0.3) is 0 Å². The zero-order chi connectivity index (χ0) is 21.9. The van der Waals surface area contributed by atoms with Gasteiger partial charge in [0, 0.05) is 26.2 Å². The van der Waals surface area contributed by atoms with Gasteiger partial charge in [0.2, 0.25) is 0 Å². The van der Waals surface area contributed by atoms with Gasteiger partial charge in [0.1, 0.15) is 0 Å². The lowest BCUT2D eigenvalue weighted by Crippen LogP contribution is -2.36. The molecule has 2 aliphatic rings. The van der Waals surface area contributed by atoms with E-state index >= 15 is 0 Å². The van der Waals surface area contributed by atoms with Gasteiger partial charge in [-0.3, -0.25) is 0 Å². The molecular formula is C29H41NO. The van der Waals surface area contributed by atoms with Crippen molar-refractivity contribution >= 4 is 0 Å². The number of ether oxygens (including phenoxy) is 1. The monoisotopic (exact) mass is 419 g/mol. The predicted octanol–water partition coefficient (Wildman–Crippen LogP) is 7.13. The fourth-order valence-electron chi connectivity index (χ4n) is 5.07. The Bertz CT molecular complexity index is 799. The summed E-state index contributed by atoms with van der Waals surface area (Å²) in [7, 11) is 1.80. The minimum absolute atomic E-state index is 0.546. The van der Waals surface area contributed by atoms with E-state index in [1.165, 1.54) is 42.4 Å². The van der Waals surface area contributed by atoms with Gasteiger partial charge < -0.3 is 10.1 Å². The van der Waals surface area contributed by atoms with Crippen LogP contribution in [0.15, 0.2) is 76.9 Å². The third-order valence-electron chi connectivity index (χ3n) is 6.98. The minimum atomic E-state index is 0.546. The van der Waals surface area contributed by atoms with Gasteiger partial charge in [0.15, 0.2) is 0 Å². The summed E-state index contributed by atoms with van der Waals surface area (Å²) in [5.74, 6) is 1.14. The van der Waals surface area contributed by atoms with E-state index in [2.05, 4.69) is 73.8 Å². The van der Waals surface area contributed by atoms with E-state index in [4.69, 9.17) is 4.74 Å². The topological polar surface area (TPSA) is 21.3 Å². The zero-order valence-electron chi connectivity index (χ0n) is 19.8. The molecule has 2 heteroatoms. The lowest BCUT2D eigenvalue weighted by atomic mass is 9.75. The van der Waals surface area contributed by atoms with Crippen LogP contribution >= 0.6 is 0 Å². The Balaban J connectivity index is 1.78. The summed E-state index contributed by atoms with van der Waals surface area (Å²) in [4.78, 5) is 0. The van der Waals surface area contributed by atoms with Gasteiger partial charge in [-0.25, -0.2) is 0 Å². The molecule has 3 rings (SSSR count). The smallest absolute Gasteiger partial charge is 0.0465 e. The van der Waals surface area contributed by atoms with Crippen molar-refractivity contribution in [3.8, 4) is 0 Å². The standard InChI is InChI=1S/C29H41NO/c1-4-23(2)27(29-22-30-20-19-28(29)26-14-6-5-7-15-26)18-10-16-24-12-8-9-13-25(24)17-11-21-31-3/h5-8,10,12,14-15,18,28-30H,4,9,11,13,16-17,19-22H2,1-3H3. The van der Waals surface area contributed by atoms with Gasteiger partial charge in [0.25, 0.3) is 0 Å². The summed E-state index contributed by atoms with van der Waals surface area (Å²) in [6, 6.07) is 11.1. The average molecular weight is 420 g/mol. The molecular weight excluding hydrogens is 378 g/mol. The van der Waals surface area contributed by atoms with Crippen LogP contribution in [0, 0.1) is 5.92 Å². The number of hydrogen-bond donors (Lipinski definition) is 1. The molecule has 0 saturated carbocycles. The Morgan fingerprint density at radius 2 is 2.06 bits per heavy atom. The van der Waals surface area contributed by atoms with Gasteiger partial charge in [-0.15, -0.1) is 0 Å². The van der Waals surface area contributed by atoms with Crippen molar-refractivity contribution in [1.82, 2.24) is 5.32 Å². The van der Waals surface area contributed by atoms with Crippen molar-refractivity contribution in [3.05, 3.63) is 82.5 Å². The summed E-state index contributed by atoms with van der Waals surface area (Å²) in [6.07, 6.45) is 17.6. The fraction of sp³-hybridized carbons (Fsp3) is 0.517. The highest BCUT2D eigenvalue weighted by Crippen LogP contribution is 2.37. The van der Waals surface area contributed by atoms with Crippen LogP contribution in [0.3, 0.4) is 0 Å². The summed E-state index contributed by atoms with van der Waals surface area (Å²) in [6.45, 7) is 7.65. The lowest BCUT2D eigenvalue weighted by molar-refractivity contribution is 0.195. The Hall–Kier alpha value is -1.90. The molecule has 1 N–H and O–H groups in total. The minimum Gasteiger partial charge on any atom is -0.385 e. The van der Waals surface area contributed by atoms with E-state index in [1.807, 2.05) is 0 Å². The highest BCUT2D eigenvalue weighted by Gasteiger charge is 2.29. The average Bonchev–Trinajstić information content (AvgIpc) is 2.83. The van der Waals surface area contributed by atoms with Crippen LogP contribution in [-0.4, -0.2) is 26.8 Å². The normalized spacial score (nSPS) is 22.8. The number of methoxy groups -OCH3 is 1. The van der Waals surface area contributed by atoms with Crippen LogP contribution in [-0.2, 0) is 4.74 Å². The van der Waals surface area contributed by atoms with Gasteiger partial charge in [0.05, 0.1) is 0 Å². The number of rotatable bonds is 10. The molecule has 1 aliphatic carbocycles. The van der Waals surface area contributed by atoms with Crippen molar-refractivity contribution in [1.29, 1.82) is 0 Å². The Labute approximate surface area is 190 Å². The molecule has 1 saturated heterocycles. The summed E-state index contributed by atoms with van der Waals surface area (Å²) < 4.78 is 5.27. The third-order valence-corrected chi connectivity index (χ3v) is 6.98. The van der Waals surface area contributed by atoms with Crippen LogP contribution in [0.2, 0.25) is 0 Å². The van der Waals surface area contributed by atoms with Gasteiger partial charge >= 0.3 is 0 Å². The third kappa shape index (κ3) is 6.79. The molecule has 0 amide bonds. The highest BCUT2D eigenvalue weighted by atomic mass is 16.5. The summed E-state index contributed by atoms with van der Waals surface area (Å²) in [5, 5.41) is 3.67. The van der Waals surface area contributed by atoms with Crippen molar-refractivity contribution in [2.45, 2.75) is 64.7 Å². The second-order valence-corrected chi connectivity index (χ2v) is 8.98. The van der Waals surface area contributed by atoms with Crippen LogP contribution in [0.5, 0.6) is 0 Å². The van der Waals surface area contributed by atoms with E-state index in [1.54, 1.807) is 18.3 Å². The predicted molar refractivity (Wildman–Crippen MR) is 133 cm³/mol. The SMILES string of the molecule is CCC(C)=C(C=CCC1=C(CCCOC)CCC=C1)C1CNCCC1c1ccccc1. The van der Waals surface area contributed by atoms with Gasteiger partial charge in [-0.05, 0) is 81.0 Å².